The summed E-state index contributed by atoms with van der Waals surface area (Å²) in [5.41, 5.74) is 0.0133. The maximum absolute atomic E-state index is 12.9. The van der Waals surface area contributed by atoms with Crippen LogP contribution in [0.3, 0.4) is 0 Å². The van der Waals surface area contributed by atoms with Gasteiger partial charge in [-0.3, -0.25) is 14.0 Å². The first kappa shape index (κ1) is 15.5. The van der Waals surface area contributed by atoms with E-state index in [-0.39, 0.29) is 17.5 Å². The lowest BCUT2D eigenvalue weighted by Gasteiger charge is -2.50. The Morgan fingerprint density at radius 2 is 2.16 bits per heavy atom. The van der Waals surface area contributed by atoms with Crippen molar-refractivity contribution >= 4 is 22.2 Å². The van der Waals surface area contributed by atoms with E-state index in [4.69, 9.17) is 4.74 Å². The van der Waals surface area contributed by atoms with Crippen molar-refractivity contribution in [3.8, 4) is 0 Å². The lowest BCUT2D eigenvalue weighted by Crippen LogP contribution is -2.63. The maximum Gasteiger partial charge on any atom is 0.274 e. The first-order valence-electron chi connectivity index (χ1n) is 9.12. The van der Waals surface area contributed by atoms with Crippen LogP contribution in [0, 0.1) is 17.8 Å². The van der Waals surface area contributed by atoms with Crippen molar-refractivity contribution in [2.24, 2.45) is 17.8 Å². The number of fused-ring (bicyclic) bond motifs is 2. The summed E-state index contributed by atoms with van der Waals surface area (Å²) in [5.74, 6) is 1.33. The van der Waals surface area contributed by atoms with Gasteiger partial charge in [0.15, 0.2) is 4.96 Å². The number of amides is 1. The van der Waals surface area contributed by atoms with Gasteiger partial charge in [-0.15, -0.1) is 11.3 Å². The molecule has 3 aliphatic rings. The van der Waals surface area contributed by atoms with Crippen LogP contribution in [-0.2, 0) is 4.74 Å². The molecule has 0 unspecified atom stereocenters. The summed E-state index contributed by atoms with van der Waals surface area (Å²) < 4.78 is 7.66. The molecule has 1 aliphatic heterocycles. The van der Waals surface area contributed by atoms with Crippen LogP contribution in [-0.4, -0.2) is 34.0 Å². The SMILES string of the molecule is O=C(N[C@H]1[C@@H]2CCO[C@@H]2[C@@H]1C1CCCC1)c1cc(=O)nc2sccn12. The van der Waals surface area contributed by atoms with Crippen LogP contribution >= 0.6 is 11.3 Å². The Hall–Kier alpha value is -1.73. The summed E-state index contributed by atoms with van der Waals surface area (Å²) in [6.07, 6.45) is 8.18. The van der Waals surface area contributed by atoms with Gasteiger partial charge < -0.3 is 10.1 Å². The molecule has 3 fully saturated rings. The third kappa shape index (κ3) is 2.44. The average molecular weight is 359 g/mol. The van der Waals surface area contributed by atoms with E-state index in [1.165, 1.54) is 43.1 Å². The molecular formula is C18H21N3O3S. The quantitative estimate of drug-likeness (QED) is 0.911. The molecule has 0 aromatic carbocycles. The Morgan fingerprint density at radius 3 is 3.00 bits per heavy atom. The van der Waals surface area contributed by atoms with Crippen molar-refractivity contribution in [1.29, 1.82) is 0 Å². The van der Waals surface area contributed by atoms with E-state index < -0.39 is 0 Å². The number of thiazole rings is 1. The second kappa shape index (κ2) is 5.92. The number of ether oxygens (including phenoxy) is 1. The molecule has 0 spiro atoms. The highest BCUT2D eigenvalue weighted by atomic mass is 32.1. The van der Waals surface area contributed by atoms with Crippen molar-refractivity contribution in [3.05, 3.63) is 33.7 Å². The van der Waals surface area contributed by atoms with Gasteiger partial charge in [0.2, 0.25) is 0 Å². The van der Waals surface area contributed by atoms with Gasteiger partial charge in [-0.1, -0.05) is 25.7 Å². The molecular weight excluding hydrogens is 338 g/mol. The van der Waals surface area contributed by atoms with E-state index in [1.807, 2.05) is 5.38 Å². The predicted molar refractivity (Wildman–Crippen MR) is 93.9 cm³/mol. The standard InChI is InChI=1S/C18H21N3O3S/c22-13-9-12(21-6-8-25-18(21)19-13)17(23)20-15-11-5-7-24-16(11)14(15)10-3-1-2-4-10/h6,8-11,14-16H,1-5,7H2,(H,20,23)/t11-,14+,15-,16-/m0/s1. The molecule has 1 amide bonds. The Balaban J connectivity index is 1.42. The lowest BCUT2D eigenvalue weighted by atomic mass is 9.61. The fourth-order valence-electron chi connectivity index (χ4n) is 5.11. The molecule has 6 nitrogen and oxygen atoms in total. The summed E-state index contributed by atoms with van der Waals surface area (Å²) in [4.78, 5) is 29.2. The molecule has 3 heterocycles. The molecule has 1 saturated heterocycles. The van der Waals surface area contributed by atoms with E-state index in [0.717, 1.165) is 13.0 Å². The van der Waals surface area contributed by atoms with E-state index in [9.17, 15) is 9.59 Å². The Bertz CT molecular complexity index is 865. The minimum absolute atomic E-state index is 0.167. The minimum Gasteiger partial charge on any atom is -0.377 e. The summed E-state index contributed by atoms with van der Waals surface area (Å²) in [6, 6.07) is 1.50. The number of nitrogens with zero attached hydrogens (tertiary/aromatic N) is 2. The van der Waals surface area contributed by atoms with Crippen LogP contribution in [0.5, 0.6) is 0 Å². The number of carbonyl (C=O) groups excluding carboxylic acids is 1. The molecule has 5 rings (SSSR count). The van der Waals surface area contributed by atoms with Crippen molar-refractivity contribution in [2.75, 3.05) is 6.61 Å². The Kier molecular flexibility index (Phi) is 3.67. The number of rotatable bonds is 3. The molecule has 0 radical (unpaired) electrons. The molecule has 2 aromatic rings. The van der Waals surface area contributed by atoms with Crippen LogP contribution in [0.15, 0.2) is 22.4 Å². The predicted octanol–water partition coefficient (Wildman–Crippen LogP) is 2.08. The first-order valence-corrected chi connectivity index (χ1v) is 10.00. The fraction of sp³-hybridized carbons (Fsp3) is 0.611. The van der Waals surface area contributed by atoms with Gasteiger partial charge in [0.05, 0.1) is 6.10 Å². The maximum atomic E-state index is 12.9. The van der Waals surface area contributed by atoms with Crippen LogP contribution in [0.1, 0.15) is 42.6 Å². The van der Waals surface area contributed by atoms with E-state index >= 15 is 0 Å². The third-order valence-electron chi connectivity index (χ3n) is 6.23. The largest absolute Gasteiger partial charge is 0.377 e. The van der Waals surface area contributed by atoms with Gasteiger partial charge in [-0.2, -0.15) is 4.98 Å². The molecule has 25 heavy (non-hydrogen) atoms. The smallest absolute Gasteiger partial charge is 0.274 e. The molecule has 1 N–H and O–H groups in total. The topological polar surface area (TPSA) is 72.7 Å². The van der Waals surface area contributed by atoms with Crippen molar-refractivity contribution in [2.45, 2.75) is 44.2 Å². The van der Waals surface area contributed by atoms with Gasteiger partial charge in [0, 0.05) is 42.1 Å². The van der Waals surface area contributed by atoms with Gasteiger partial charge in [-0.25, -0.2) is 0 Å². The van der Waals surface area contributed by atoms with Crippen molar-refractivity contribution < 1.29 is 9.53 Å². The summed E-state index contributed by atoms with van der Waals surface area (Å²) >= 11 is 1.36. The zero-order valence-corrected chi connectivity index (χ0v) is 14.7. The molecule has 7 heteroatoms. The highest BCUT2D eigenvalue weighted by Gasteiger charge is 2.57. The second-order valence-electron chi connectivity index (χ2n) is 7.44. The summed E-state index contributed by atoms with van der Waals surface area (Å²) in [5, 5.41) is 5.08. The minimum atomic E-state index is -0.365. The lowest BCUT2D eigenvalue weighted by molar-refractivity contribution is -0.0784. The van der Waals surface area contributed by atoms with E-state index in [0.29, 0.717) is 34.5 Å². The number of hydrogen-bond donors (Lipinski definition) is 1. The number of aromatic nitrogens is 2. The van der Waals surface area contributed by atoms with Gasteiger partial charge in [0.1, 0.15) is 5.69 Å². The van der Waals surface area contributed by atoms with Crippen molar-refractivity contribution in [3.63, 3.8) is 0 Å². The zero-order valence-electron chi connectivity index (χ0n) is 13.9. The molecule has 4 atom stereocenters. The number of hydrogen-bond acceptors (Lipinski definition) is 5. The van der Waals surface area contributed by atoms with E-state index in [1.54, 1.807) is 10.6 Å². The zero-order chi connectivity index (χ0) is 17.0. The Morgan fingerprint density at radius 1 is 1.32 bits per heavy atom. The number of nitrogens with one attached hydrogen (secondary N) is 1. The van der Waals surface area contributed by atoms with Gasteiger partial charge >= 0.3 is 0 Å². The van der Waals surface area contributed by atoms with Crippen LogP contribution < -0.4 is 10.9 Å². The Labute approximate surface area is 149 Å². The molecule has 2 aromatic heterocycles. The van der Waals surface area contributed by atoms with Crippen LogP contribution in [0.4, 0.5) is 0 Å². The van der Waals surface area contributed by atoms with Gasteiger partial charge in [0.25, 0.3) is 11.5 Å². The van der Waals surface area contributed by atoms with Crippen molar-refractivity contribution in [1.82, 2.24) is 14.7 Å². The van der Waals surface area contributed by atoms with Gasteiger partial charge in [-0.05, 0) is 12.3 Å². The van der Waals surface area contributed by atoms with E-state index in [2.05, 4.69) is 10.3 Å². The first-order chi connectivity index (χ1) is 12.2. The highest BCUT2D eigenvalue weighted by Crippen LogP contribution is 2.51. The third-order valence-corrected chi connectivity index (χ3v) is 6.98. The molecule has 132 valence electrons. The average Bonchev–Trinajstić information content (AvgIpc) is 3.32. The summed E-state index contributed by atoms with van der Waals surface area (Å²) in [6.45, 7) is 0.800. The fourth-order valence-corrected chi connectivity index (χ4v) is 5.83. The normalized spacial score (nSPS) is 31.8. The van der Waals surface area contributed by atoms with Crippen LogP contribution in [0.25, 0.3) is 4.96 Å². The number of carbonyl (C=O) groups is 1. The molecule has 0 bridgehead atoms. The molecule has 2 saturated carbocycles. The van der Waals surface area contributed by atoms with Crippen LogP contribution in [0.2, 0.25) is 0 Å². The monoisotopic (exact) mass is 359 g/mol. The second-order valence-corrected chi connectivity index (χ2v) is 8.32. The highest BCUT2D eigenvalue weighted by molar-refractivity contribution is 7.15. The summed E-state index contributed by atoms with van der Waals surface area (Å²) in [7, 11) is 0. The molecule has 2 aliphatic carbocycles.